The van der Waals surface area contributed by atoms with Gasteiger partial charge in [0, 0.05) is 30.0 Å². The average Bonchev–Trinajstić information content (AvgIpc) is 2.74. The molecule has 0 aliphatic carbocycles. The van der Waals surface area contributed by atoms with Gasteiger partial charge in [0.25, 0.3) is 0 Å². The molecule has 21 heavy (non-hydrogen) atoms. The summed E-state index contributed by atoms with van der Waals surface area (Å²) in [6.07, 6.45) is 0.414. The molecule has 120 valence electrons. The van der Waals surface area contributed by atoms with Crippen molar-refractivity contribution in [1.29, 1.82) is 0 Å². The first-order valence-corrected chi connectivity index (χ1v) is 7.90. The Balaban J connectivity index is 2.20. The summed E-state index contributed by atoms with van der Waals surface area (Å²) in [4.78, 5) is 15.9. The lowest BCUT2D eigenvalue weighted by Gasteiger charge is -2.19. The van der Waals surface area contributed by atoms with Gasteiger partial charge in [-0.2, -0.15) is 4.37 Å². The molecule has 1 rings (SSSR count). The van der Waals surface area contributed by atoms with Crippen molar-refractivity contribution >= 4 is 22.8 Å². The molecule has 0 atom stereocenters. The van der Waals surface area contributed by atoms with Gasteiger partial charge in [-0.25, -0.2) is 9.78 Å². The van der Waals surface area contributed by atoms with Crippen LogP contribution in [0.25, 0.3) is 0 Å². The number of aromatic nitrogens is 2. The Morgan fingerprint density at radius 3 is 2.38 bits per heavy atom. The number of rotatable bonds is 5. The fourth-order valence-corrected chi connectivity index (χ4v) is 2.17. The number of carbonyl (C=O) groups is 1. The number of nitrogens with one attached hydrogen (secondary N) is 2. The maximum absolute atomic E-state index is 11.4. The number of hydrogen-bond acceptors (Lipinski definition) is 6. The van der Waals surface area contributed by atoms with E-state index in [0.717, 1.165) is 23.9 Å². The summed E-state index contributed by atoms with van der Waals surface area (Å²) in [6, 6.07) is 0. The highest BCUT2D eigenvalue weighted by Gasteiger charge is 2.19. The molecule has 0 aliphatic rings. The van der Waals surface area contributed by atoms with Gasteiger partial charge in [0.05, 0.1) is 0 Å². The van der Waals surface area contributed by atoms with Gasteiger partial charge >= 0.3 is 6.09 Å². The number of ether oxygens (including phenoxy) is 1. The van der Waals surface area contributed by atoms with Crippen LogP contribution < -0.4 is 10.6 Å². The van der Waals surface area contributed by atoms with Crippen LogP contribution in [0.2, 0.25) is 0 Å². The van der Waals surface area contributed by atoms with E-state index in [1.165, 1.54) is 11.5 Å². The number of alkyl carbamates (subject to hydrolysis) is 1. The van der Waals surface area contributed by atoms with Gasteiger partial charge in [0.2, 0.25) is 5.13 Å². The molecule has 0 saturated carbocycles. The molecule has 0 spiro atoms. The Hall–Kier alpha value is -1.37. The molecule has 0 bridgehead atoms. The molecule has 0 aromatic carbocycles. The fourth-order valence-electron chi connectivity index (χ4n) is 1.39. The van der Waals surface area contributed by atoms with Gasteiger partial charge in [-0.15, -0.1) is 0 Å². The van der Waals surface area contributed by atoms with Crippen molar-refractivity contribution < 1.29 is 9.53 Å². The van der Waals surface area contributed by atoms with Crippen LogP contribution in [-0.2, 0) is 10.2 Å². The highest BCUT2D eigenvalue weighted by atomic mass is 32.1. The first-order valence-electron chi connectivity index (χ1n) is 7.13. The molecule has 0 saturated heterocycles. The highest BCUT2D eigenvalue weighted by Crippen LogP contribution is 2.22. The minimum Gasteiger partial charge on any atom is -0.444 e. The Morgan fingerprint density at radius 1 is 1.19 bits per heavy atom. The van der Waals surface area contributed by atoms with E-state index in [9.17, 15) is 4.79 Å². The van der Waals surface area contributed by atoms with Gasteiger partial charge in [-0.05, 0) is 27.2 Å². The fraction of sp³-hybridized carbons (Fsp3) is 0.786. The summed E-state index contributed by atoms with van der Waals surface area (Å²) < 4.78 is 9.49. The zero-order chi connectivity index (χ0) is 16.1. The normalized spacial score (nSPS) is 12.1. The van der Waals surface area contributed by atoms with Crippen LogP contribution in [0.3, 0.4) is 0 Å². The zero-order valence-electron chi connectivity index (χ0n) is 13.7. The van der Waals surface area contributed by atoms with Crippen molar-refractivity contribution in [1.82, 2.24) is 14.7 Å². The number of amides is 1. The second-order valence-electron chi connectivity index (χ2n) is 6.88. The second kappa shape index (κ2) is 7.06. The van der Waals surface area contributed by atoms with Crippen LogP contribution in [0.1, 0.15) is 53.8 Å². The number of anilines is 1. The lowest BCUT2D eigenvalue weighted by molar-refractivity contribution is 0.0528. The van der Waals surface area contributed by atoms with Crippen LogP contribution >= 0.6 is 11.5 Å². The van der Waals surface area contributed by atoms with Crippen molar-refractivity contribution in [2.24, 2.45) is 0 Å². The summed E-state index contributed by atoms with van der Waals surface area (Å²) >= 11 is 1.36. The van der Waals surface area contributed by atoms with Crippen molar-refractivity contribution in [2.45, 2.75) is 59.0 Å². The molecule has 1 amide bonds. The summed E-state index contributed by atoms with van der Waals surface area (Å²) in [7, 11) is 0. The number of carbonyl (C=O) groups excluding carboxylic acids is 1. The van der Waals surface area contributed by atoms with Gasteiger partial charge in [0.1, 0.15) is 11.4 Å². The lowest BCUT2D eigenvalue weighted by Crippen LogP contribution is -2.33. The van der Waals surface area contributed by atoms with Crippen LogP contribution in [-0.4, -0.2) is 34.1 Å². The van der Waals surface area contributed by atoms with E-state index >= 15 is 0 Å². The maximum atomic E-state index is 11.4. The van der Waals surface area contributed by atoms with Crippen molar-refractivity contribution in [3.8, 4) is 0 Å². The number of hydrogen-bond donors (Lipinski definition) is 2. The molecule has 0 aliphatic heterocycles. The molecule has 1 aromatic heterocycles. The third-order valence-corrected chi connectivity index (χ3v) is 3.07. The first kappa shape index (κ1) is 17.7. The van der Waals surface area contributed by atoms with Crippen LogP contribution in [0.15, 0.2) is 0 Å². The van der Waals surface area contributed by atoms with E-state index < -0.39 is 5.60 Å². The van der Waals surface area contributed by atoms with Crippen molar-refractivity contribution in [2.75, 3.05) is 18.4 Å². The van der Waals surface area contributed by atoms with Crippen molar-refractivity contribution in [3.05, 3.63) is 5.82 Å². The molecule has 0 unspecified atom stereocenters. The quantitative estimate of drug-likeness (QED) is 0.816. The van der Waals surface area contributed by atoms with Gasteiger partial charge in [-0.1, -0.05) is 20.8 Å². The standard InChI is InChI=1S/C14H26N4O2S/c1-13(2,3)10-17-11(21-18-10)15-8-7-9-16-12(19)20-14(4,5)6/h7-9H2,1-6H3,(H,16,19)(H,15,17,18). The van der Waals surface area contributed by atoms with Crippen LogP contribution in [0, 0.1) is 0 Å². The summed E-state index contributed by atoms with van der Waals surface area (Å²) in [5.41, 5.74) is -0.493. The predicted molar refractivity (Wildman–Crippen MR) is 86.0 cm³/mol. The average molecular weight is 314 g/mol. The Kier molecular flexibility index (Phi) is 5.95. The highest BCUT2D eigenvalue weighted by molar-refractivity contribution is 7.09. The summed E-state index contributed by atoms with van der Waals surface area (Å²) in [5, 5.41) is 6.75. The maximum Gasteiger partial charge on any atom is 0.407 e. The van der Waals surface area contributed by atoms with Gasteiger partial charge in [-0.3, -0.25) is 0 Å². The Labute approximate surface area is 130 Å². The molecular weight excluding hydrogens is 288 g/mol. The molecule has 0 fully saturated rings. The smallest absolute Gasteiger partial charge is 0.407 e. The Bertz CT molecular complexity index is 460. The minimum atomic E-state index is -0.460. The van der Waals surface area contributed by atoms with Crippen LogP contribution in [0.5, 0.6) is 0 Å². The predicted octanol–water partition coefficient (Wildman–Crippen LogP) is 3.16. The third-order valence-electron chi connectivity index (χ3n) is 2.39. The molecular formula is C14H26N4O2S. The summed E-state index contributed by atoms with van der Waals surface area (Å²) in [5.74, 6) is 0.849. The van der Waals surface area contributed by atoms with E-state index in [0.29, 0.717) is 6.54 Å². The third kappa shape index (κ3) is 7.27. The molecule has 1 aromatic rings. The Morgan fingerprint density at radius 2 is 1.86 bits per heavy atom. The number of nitrogens with zero attached hydrogens (tertiary/aromatic N) is 2. The van der Waals surface area contributed by atoms with E-state index in [1.807, 2.05) is 20.8 Å². The zero-order valence-corrected chi connectivity index (χ0v) is 14.6. The molecule has 7 heteroatoms. The van der Waals surface area contributed by atoms with Gasteiger partial charge < -0.3 is 15.4 Å². The molecule has 2 N–H and O–H groups in total. The molecule has 0 radical (unpaired) electrons. The lowest BCUT2D eigenvalue weighted by atomic mass is 9.96. The monoisotopic (exact) mass is 314 g/mol. The molecule has 6 nitrogen and oxygen atoms in total. The first-order chi connectivity index (χ1) is 9.58. The SMILES string of the molecule is CC(C)(C)OC(=O)NCCCNc1nc(C(C)(C)C)ns1. The van der Waals surface area contributed by atoms with Crippen LogP contribution in [0.4, 0.5) is 9.93 Å². The second-order valence-corrected chi connectivity index (χ2v) is 7.63. The van der Waals surface area contributed by atoms with Gasteiger partial charge in [0.15, 0.2) is 0 Å². The topological polar surface area (TPSA) is 76.1 Å². The summed E-state index contributed by atoms with van der Waals surface area (Å²) in [6.45, 7) is 13.1. The largest absolute Gasteiger partial charge is 0.444 e. The van der Waals surface area contributed by atoms with E-state index in [-0.39, 0.29) is 11.5 Å². The van der Waals surface area contributed by atoms with E-state index in [2.05, 4.69) is 40.8 Å². The van der Waals surface area contributed by atoms with Crippen molar-refractivity contribution in [3.63, 3.8) is 0 Å². The van der Waals surface area contributed by atoms with E-state index in [4.69, 9.17) is 4.74 Å². The van der Waals surface area contributed by atoms with E-state index in [1.54, 1.807) is 0 Å². The minimum absolute atomic E-state index is 0.0330. The molecule has 1 heterocycles.